The predicted molar refractivity (Wildman–Crippen MR) is 78.9 cm³/mol. The lowest BCUT2D eigenvalue weighted by molar-refractivity contribution is -0.120. The van der Waals surface area contributed by atoms with Gasteiger partial charge in [-0.2, -0.15) is 0 Å². The van der Waals surface area contributed by atoms with Gasteiger partial charge in [-0.25, -0.2) is 9.78 Å². The highest BCUT2D eigenvalue weighted by Gasteiger charge is 2.15. The van der Waals surface area contributed by atoms with Gasteiger partial charge in [0.2, 0.25) is 5.91 Å². The van der Waals surface area contributed by atoms with Gasteiger partial charge in [0, 0.05) is 11.6 Å². The fraction of sp³-hybridized carbons (Fsp3) is 0.357. The number of benzene rings is 1. The molecule has 0 saturated carbocycles. The van der Waals surface area contributed by atoms with E-state index in [1.165, 1.54) is 0 Å². The molecule has 0 bridgehead atoms. The van der Waals surface area contributed by atoms with E-state index in [9.17, 15) is 9.59 Å². The largest absolute Gasteiger partial charge is 0.440 e. The molecule has 0 spiro atoms. The lowest BCUT2D eigenvalue weighted by Gasteiger charge is -2.13. The Hall–Kier alpha value is -2.57. The molecule has 1 aromatic carbocycles. The zero-order valence-electron chi connectivity index (χ0n) is 12.1. The summed E-state index contributed by atoms with van der Waals surface area (Å²) in [6, 6.07) is 3.88. The van der Waals surface area contributed by atoms with Gasteiger partial charge in [-0.1, -0.05) is 13.8 Å². The first kappa shape index (κ1) is 14.8. The first-order valence-electron chi connectivity index (χ1n) is 6.64. The third-order valence-electron chi connectivity index (χ3n) is 2.92. The quantitative estimate of drug-likeness (QED) is 0.797. The van der Waals surface area contributed by atoms with Crippen molar-refractivity contribution in [3.63, 3.8) is 0 Å². The second kappa shape index (κ2) is 5.82. The molecule has 0 aliphatic heterocycles. The molecule has 1 atom stereocenters. The van der Waals surface area contributed by atoms with Crippen LogP contribution in [0.1, 0.15) is 32.6 Å². The van der Waals surface area contributed by atoms with Crippen LogP contribution in [-0.2, 0) is 4.79 Å². The van der Waals surface area contributed by atoms with E-state index in [0.717, 1.165) is 0 Å². The maximum atomic E-state index is 11.6. The average Bonchev–Trinajstić information content (AvgIpc) is 2.81. The summed E-state index contributed by atoms with van der Waals surface area (Å²) in [5.41, 5.74) is 7.02. The Morgan fingerprint density at radius 1 is 1.29 bits per heavy atom. The summed E-state index contributed by atoms with van der Waals surface area (Å²) in [5, 5.41) is 5.00. The third kappa shape index (κ3) is 3.50. The molecule has 0 saturated heterocycles. The number of fused-ring (bicyclic) bond motifs is 1. The molecule has 7 nitrogen and oxygen atoms in total. The number of amides is 3. The van der Waals surface area contributed by atoms with Crippen LogP contribution in [0.15, 0.2) is 22.6 Å². The number of hydrogen-bond donors (Lipinski definition) is 3. The number of carbonyl (C=O) groups is 2. The van der Waals surface area contributed by atoms with E-state index in [4.69, 9.17) is 10.2 Å². The highest BCUT2D eigenvalue weighted by atomic mass is 16.3. The molecule has 0 aliphatic rings. The maximum Gasteiger partial charge on any atom is 0.318 e. The molecule has 2 rings (SSSR count). The summed E-state index contributed by atoms with van der Waals surface area (Å²) in [7, 11) is 0. The van der Waals surface area contributed by atoms with Crippen LogP contribution in [0.25, 0.3) is 11.1 Å². The Morgan fingerprint density at radius 3 is 2.62 bits per heavy atom. The fourth-order valence-electron chi connectivity index (χ4n) is 1.83. The van der Waals surface area contributed by atoms with Crippen molar-refractivity contribution >= 4 is 28.7 Å². The predicted octanol–water partition coefficient (Wildman–Crippen LogP) is 1.95. The molecular weight excluding hydrogens is 272 g/mol. The van der Waals surface area contributed by atoms with Crippen molar-refractivity contribution in [2.45, 2.75) is 32.7 Å². The van der Waals surface area contributed by atoms with Crippen molar-refractivity contribution in [1.29, 1.82) is 0 Å². The molecule has 112 valence electrons. The van der Waals surface area contributed by atoms with Gasteiger partial charge in [0.25, 0.3) is 0 Å². The van der Waals surface area contributed by atoms with Gasteiger partial charge in [0.05, 0.1) is 0 Å². The standard InChI is InChI=1S/C14H18N4O3/c1-7(2)13-17-10-6-9(4-5-11(10)21-13)16-8(3)12(19)18-14(15)20/h4-8,16H,1-3H3,(H3,15,18,19,20)/t8-/m1/s1. The maximum absolute atomic E-state index is 11.6. The monoisotopic (exact) mass is 290 g/mol. The van der Waals surface area contributed by atoms with Crippen molar-refractivity contribution in [2.24, 2.45) is 5.73 Å². The zero-order chi connectivity index (χ0) is 15.6. The normalized spacial score (nSPS) is 12.4. The van der Waals surface area contributed by atoms with E-state index in [1.54, 1.807) is 25.1 Å². The molecule has 2 aromatic rings. The van der Waals surface area contributed by atoms with Gasteiger partial charge in [-0.15, -0.1) is 0 Å². The minimum Gasteiger partial charge on any atom is -0.440 e. The second-order valence-electron chi connectivity index (χ2n) is 5.11. The lowest BCUT2D eigenvalue weighted by atomic mass is 10.2. The number of rotatable bonds is 4. The first-order valence-corrected chi connectivity index (χ1v) is 6.64. The van der Waals surface area contributed by atoms with Crippen molar-refractivity contribution in [1.82, 2.24) is 10.3 Å². The third-order valence-corrected chi connectivity index (χ3v) is 2.92. The van der Waals surface area contributed by atoms with Crippen molar-refractivity contribution in [3.8, 4) is 0 Å². The number of anilines is 1. The molecule has 0 unspecified atom stereocenters. The molecule has 1 heterocycles. The highest BCUT2D eigenvalue weighted by Crippen LogP contribution is 2.24. The van der Waals surface area contributed by atoms with Crippen molar-refractivity contribution < 1.29 is 14.0 Å². The smallest absolute Gasteiger partial charge is 0.318 e. The van der Waals surface area contributed by atoms with Crippen molar-refractivity contribution in [2.75, 3.05) is 5.32 Å². The summed E-state index contributed by atoms with van der Waals surface area (Å²) in [5.74, 6) is 0.376. The van der Waals surface area contributed by atoms with Crippen LogP contribution >= 0.6 is 0 Å². The van der Waals surface area contributed by atoms with E-state index in [2.05, 4.69) is 10.3 Å². The zero-order valence-corrected chi connectivity index (χ0v) is 12.1. The highest BCUT2D eigenvalue weighted by molar-refractivity contribution is 5.97. The lowest BCUT2D eigenvalue weighted by Crippen LogP contribution is -2.43. The van der Waals surface area contributed by atoms with Gasteiger partial charge < -0.3 is 15.5 Å². The topological polar surface area (TPSA) is 110 Å². The SMILES string of the molecule is CC(C)c1nc2cc(N[C@H](C)C(=O)NC(N)=O)ccc2o1. The average molecular weight is 290 g/mol. The summed E-state index contributed by atoms with van der Waals surface area (Å²) < 4.78 is 5.61. The minimum absolute atomic E-state index is 0.203. The minimum atomic E-state index is -0.873. The molecule has 0 fully saturated rings. The Bertz CT molecular complexity index is 678. The van der Waals surface area contributed by atoms with E-state index in [-0.39, 0.29) is 5.92 Å². The Labute approximate surface area is 121 Å². The molecule has 21 heavy (non-hydrogen) atoms. The van der Waals surface area contributed by atoms with E-state index >= 15 is 0 Å². The molecule has 4 N–H and O–H groups in total. The Balaban J connectivity index is 2.15. The number of hydrogen-bond acceptors (Lipinski definition) is 5. The summed E-state index contributed by atoms with van der Waals surface area (Å²) >= 11 is 0. The molecular formula is C14H18N4O3. The van der Waals surface area contributed by atoms with Crippen LogP contribution in [-0.4, -0.2) is 23.0 Å². The van der Waals surface area contributed by atoms with Gasteiger partial charge in [0.1, 0.15) is 11.6 Å². The van der Waals surface area contributed by atoms with Gasteiger partial charge >= 0.3 is 6.03 Å². The number of nitrogens with zero attached hydrogens (tertiary/aromatic N) is 1. The number of aromatic nitrogens is 1. The summed E-state index contributed by atoms with van der Waals surface area (Å²) in [6.07, 6.45) is 0. The number of urea groups is 1. The summed E-state index contributed by atoms with van der Waals surface area (Å²) in [6.45, 7) is 5.63. The van der Waals surface area contributed by atoms with Crippen LogP contribution in [0.3, 0.4) is 0 Å². The van der Waals surface area contributed by atoms with Crippen LogP contribution in [0.4, 0.5) is 10.5 Å². The molecule has 1 aromatic heterocycles. The van der Waals surface area contributed by atoms with Crippen molar-refractivity contribution in [3.05, 3.63) is 24.1 Å². The van der Waals surface area contributed by atoms with E-state index < -0.39 is 18.0 Å². The number of oxazole rings is 1. The van der Waals surface area contributed by atoms with Gasteiger partial charge in [-0.3, -0.25) is 10.1 Å². The molecule has 0 radical (unpaired) electrons. The fourth-order valence-corrected chi connectivity index (χ4v) is 1.83. The van der Waals surface area contributed by atoms with Crippen LogP contribution in [0.2, 0.25) is 0 Å². The van der Waals surface area contributed by atoms with E-state index in [0.29, 0.717) is 22.7 Å². The van der Waals surface area contributed by atoms with Crippen LogP contribution < -0.4 is 16.4 Å². The van der Waals surface area contributed by atoms with Gasteiger partial charge in [0.15, 0.2) is 11.5 Å². The molecule has 0 aliphatic carbocycles. The number of primary amides is 1. The van der Waals surface area contributed by atoms with Crippen LogP contribution in [0, 0.1) is 0 Å². The number of nitrogens with two attached hydrogens (primary N) is 1. The number of carbonyl (C=O) groups excluding carboxylic acids is 2. The molecule has 7 heteroatoms. The van der Waals surface area contributed by atoms with Crippen LogP contribution in [0.5, 0.6) is 0 Å². The van der Waals surface area contributed by atoms with Gasteiger partial charge in [-0.05, 0) is 25.1 Å². The summed E-state index contributed by atoms with van der Waals surface area (Å²) in [4.78, 5) is 26.6. The van der Waals surface area contributed by atoms with E-state index in [1.807, 2.05) is 19.2 Å². The molecule has 3 amide bonds. The Morgan fingerprint density at radius 2 is 2.00 bits per heavy atom. The second-order valence-corrected chi connectivity index (χ2v) is 5.11. The Kier molecular flexibility index (Phi) is 4.11. The number of nitrogens with one attached hydrogen (secondary N) is 2. The number of imide groups is 1. The first-order chi connectivity index (χ1) is 9.86.